The molecule has 0 unspecified atom stereocenters. The van der Waals surface area contributed by atoms with Gasteiger partial charge in [-0.15, -0.1) is 0 Å². The van der Waals surface area contributed by atoms with Crippen LogP contribution < -0.4 is 16.2 Å². The average molecular weight is 292 g/mol. The van der Waals surface area contributed by atoms with E-state index in [1.54, 1.807) is 4.90 Å². The number of nitrogens with one attached hydrogen (secondary N) is 2. The topological polar surface area (TPSA) is 98.9 Å². The minimum absolute atomic E-state index is 0.0138. The van der Waals surface area contributed by atoms with Crippen molar-refractivity contribution in [2.75, 3.05) is 11.4 Å². The van der Waals surface area contributed by atoms with Gasteiger partial charge in [-0.2, -0.15) is 0 Å². The second-order valence-electron chi connectivity index (χ2n) is 4.13. The first kappa shape index (κ1) is 14.1. The Kier molecular flexibility index (Phi) is 4.37. The zero-order valence-corrected chi connectivity index (χ0v) is 11.4. The summed E-state index contributed by atoms with van der Waals surface area (Å²) in [5.74, 6) is 0.412. The quantitative estimate of drug-likeness (QED) is 0.578. The second-order valence-corrected chi connectivity index (χ2v) is 4.51. The first-order chi connectivity index (χ1) is 9.59. The zero-order valence-electron chi connectivity index (χ0n) is 10.6. The number of nitrogens with two attached hydrogens (primary N) is 1. The van der Waals surface area contributed by atoms with E-state index in [-0.39, 0.29) is 10.9 Å². The first-order valence-corrected chi connectivity index (χ1v) is 6.36. The van der Waals surface area contributed by atoms with Crippen molar-refractivity contribution in [1.29, 1.82) is 5.41 Å². The minimum Gasteiger partial charge on any atom is -0.388 e. The Bertz CT molecular complexity index is 655. The van der Waals surface area contributed by atoms with Gasteiger partial charge >= 0.3 is 0 Å². The van der Waals surface area contributed by atoms with Crippen molar-refractivity contribution in [3.05, 3.63) is 52.0 Å². The normalized spacial score (nSPS) is 10.2. The smallest absolute Gasteiger partial charge is 0.271 e. The fraction of sp³-hybridized carbons (Fsp3) is 0.154. The highest BCUT2D eigenvalue weighted by molar-refractivity contribution is 6.32. The Morgan fingerprint density at radius 3 is 2.75 bits per heavy atom. The number of aromatic nitrogens is 2. The SMILES string of the molecule is N=C(N)CCN(c1ccccc1)c1nc[nH]c(=O)c1Cl. The van der Waals surface area contributed by atoms with Gasteiger partial charge in [-0.05, 0) is 12.1 Å². The molecule has 7 heteroatoms. The molecule has 0 saturated carbocycles. The van der Waals surface area contributed by atoms with Crippen LogP contribution in [0.25, 0.3) is 0 Å². The summed E-state index contributed by atoms with van der Waals surface area (Å²) in [5.41, 5.74) is 5.83. The number of hydrogen-bond acceptors (Lipinski definition) is 4. The lowest BCUT2D eigenvalue weighted by Gasteiger charge is -2.24. The van der Waals surface area contributed by atoms with Crippen LogP contribution in [0.4, 0.5) is 11.5 Å². The molecule has 0 spiro atoms. The molecule has 4 N–H and O–H groups in total. The number of halogens is 1. The lowest BCUT2D eigenvalue weighted by Crippen LogP contribution is -2.26. The Morgan fingerprint density at radius 2 is 2.10 bits per heavy atom. The average Bonchev–Trinajstić information content (AvgIpc) is 2.44. The summed E-state index contributed by atoms with van der Waals surface area (Å²) in [6.45, 7) is 0.412. The number of anilines is 2. The molecule has 0 radical (unpaired) electrons. The molecule has 6 nitrogen and oxygen atoms in total. The highest BCUT2D eigenvalue weighted by Gasteiger charge is 2.16. The number of H-pyrrole nitrogens is 1. The second kappa shape index (κ2) is 6.21. The number of para-hydroxylation sites is 1. The Hall–Kier alpha value is -2.34. The van der Waals surface area contributed by atoms with E-state index in [0.29, 0.717) is 18.8 Å². The van der Waals surface area contributed by atoms with E-state index in [9.17, 15) is 4.79 Å². The van der Waals surface area contributed by atoms with Crippen molar-refractivity contribution in [3.8, 4) is 0 Å². The van der Waals surface area contributed by atoms with Crippen molar-refractivity contribution in [3.63, 3.8) is 0 Å². The van der Waals surface area contributed by atoms with E-state index in [1.165, 1.54) is 6.33 Å². The van der Waals surface area contributed by atoms with Gasteiger partial charge in [0.1, 0.15) is 5.02 Å². The van der Waals surface area contributed by atoms with E-state index in [0.717, 1.165) is 5.69 Å². The molecule has 0 atom stereocenters. The van der Waals surface area contributed by atoms with Crippen LogP contribution >= 0.6 is 11.6 Å². The van der Waals surface area contributed by atoms with Gasteiger partial charge in [0, 0.05) is 18.7 Å². The molecule has 2 rings (SSSR count). The summed E-state index contributed by atoms with van der Waals surface area (Å²) < 4.78 is 0. The first-order valence-electron chi connectivity index (χ1n) is 5.98. The van der Waals surface area contributed by atoms with Gasteiger partial charge in [0.05, 0.1) is 12.2 Å². The zero-order chi connectivity index (χ0) is 14.5. The predicted molar refractivity (Wildman–Crippen MR) is 79.8 cm³/mol. The number of nitrogens with zero attached hydrogens (tertiary/aromatic N) is 2. The molecule has 104 valence electrons. The molecule has 0 saturated heterocycles. The number of aromatic amines is 1. The maximum atomic E-state index is 11.6. The number of benzene rings is 1. The lowest BCUT2D eigenvalue weighted by molar-refractivity contribution is 0.920. The monoisotopic (exact) mass is 291 g/mol. The van der Waals surface area contributed by atoms with Crippen LogP contribution in [0.3, 0.4) is 0 Å². The van der Waals surface area contributed by atoms with Crippen LogP contribution in [0.1, 0.15) is 6.42 Å². The minimum atomic E-state index is -0.402. The van der Waals surface area contributed by atoms with Crippen molar-refractivity contribution >= 4 is 28.9 Å². The van der Waals surface area contributed by atoms with Crippen molar-refractivity contribution in [2.24, 2.45) is 5.73 Å². The van der Waals surface area contributed by atoms with Gasteiger partial charge in [0.15, 0.2) is 5.82 Å². The van der Waals surface area contributed by atoms with Crippen molar-refractivity contribution in [2.45, 2.75) is 6.42 Å². The molecule has 1 aromatic heterocycles. The summed E-state index contributed by atoms with van der Waals surface area (Å²) >= 11 is 6.02. The van der Waals surface area contributed by atoms with Gasteiger partial charge in [-0.25, -0.2) is 4.98 Å². The summed E-state index contributed by atoms with van der Waals surface area (Å²) in [7, 11) is 0. The molecule has 0 aliphatic heterocycles. The molecule has 0 aliphatic carbocycles. The van der Waals surface area contributed by atoms with Gasteiger partial charge in [-0.3, -0.25) is 10.2 Å². The molecular weight excluding hydrogens is 278 g/mol. The van der Waals surface area contributed by atoms with Crippen LogP contribution in [0.2, 0.25) is 5.02 Å². The standard InChI is InChI=1S/C13H14ClN5O/c14-11-12(17-8-18-13(11)20)19(7-6-10(15)16)9-4-2-1-3-5-9/h1-5,8H,6-7H2,(H3,15,16)(H,17,18,20). The highest BCUT2D eigenvalue weighted by atomic mass is 35.5. The number of rotatable bonds is 5. The van der Waals surface area contributed by atoms with Crippen molar-refractivity contribution < 1.29 is 0 Å². The Labute approximate surface area is 120 Å². The lowest BCUT2D eigenvalue weighted by atomic mass is 10.2. The predicted octanol–water partition coefficient (Wildman–Crippen LogP) is 1.89. The molecule has 0 aliphatic rings. The van der Waals surface area contributed by atoms with E-state index >= 15 is 0 Å². The molecule has 2 aromatic rings. The van der Waals surface area contributed by atoms with E-state index in [1.807, 2.05) is 30.3 Å². The Morgan fingerprint density at radius 1 is 1.40 bits per heavy atom. The molecule has 0 fully saturated rings. The van der Waals surface area contributed by atoms with E-state index in [2.05, 4.69) is 9.97 Å². The maximum Gasteiger partial charge on any atom is 0.271 e. The summed E-state index contributed by atoms with van der Waals surface area (Å²) in [6, 6.07) is 9.38. The molecule has 1 heterocycles. The molecule has 0 amide bonds. The third kappa shape index (κ3) is 3.16. The fourth-order valence-corrected chi connectivity index (χ4v) is 1.96. The summed E-state index contributed by atoms with van der Waals surface area (Å²) in [4.78, 5) is 19.9. The van der Waals surface area contributed by atoms with Crippen LogP contribution in [-0.4, -0.2) is 22.3 Å². The summed E-state index contributed by atoms with van der Waals surface area (Å²) in [6.07, 6.45) is 1.65. The largest absolute Gasteiger partial charge is 0.388 e. The van der Waals surface area contributed by atoms with Crippen LogP contribution in [0.15, 0.2) is 41.5 Å². The Balaban J connectivity index is 2.43. The van der Waals surface area contributed by atoms with Gasteiger partial charge in [0.25, 0.3) is 5.56 Å². The third-order valence-electron chi connectivity index (χ3n) is 2.71. The van der Waals surface area contributed by atoms with Crippen LogP contribution in [0, 0.1) is 5.41 Å². The van der Waals surface area contributed by atoms with Crippen LogP contribution in [0.5, 0.6) is 0 Å². The maximum absolute atomic E-state index is 11.6. The van der Waals surface area contributed by atoms with Gasteiger partial charge < -0.3 is 15.6 Å². The third-order valence-corrected chi connectivity index (χ3v) is 3.05. The highest BCUT2D eigenvalue weighted by Crippen LogP contribution is 2.27. The van der Waals surface area contributed by atoms with E-state index < -0.39 is 5.56 Å². The molecular formula is C13H14ClN5O. The fourth-order valence-electron chi connectivity index (χ4n) is 1.76. The van der Waals surface area contributed by atoms with Gasteiger partial charge in [-0.1, -0.05) is 29.8 Å². The molecule has 0 bridgehead atoms. The molecule has 1 aromatic carbocycles. The number of amidine groups is 1. The van der Waals surface area contributed by atoms with Crippen molar-refractivity contribution in [1.82, 2.24) is 9.97 Å². The van der Waals surface area contributed by atoms with Gasteiger partial charge in [0.2, 0.25) is 0 Å². The number of hydrogen-bond donors (Lipinski definition) is 3. The van der Waals surface area contributed by atoms with Crippen LogP contribution in [-0.2, 0) is 0 Å². The summed E-state index contributed by atoms with van der Waals surface area (Å²) in [5, 5.41) is 7.35. The van der Waals surface area contributed by atoms with E-state index in [4.69, 9.17) is 22.7 Å². The molecule has 20 heavy (non-hydrogen) atoms.